The Balaban J connectivity index is 2.73. The van der Waals surface area contributed by atoms with Crippen molar-refractivity contribution < 1.29 is 14.7 Å². The molecule has 0 unspecified atom stereocenters. The molecule has 0 aliphatic carbocycles. The quantitative estimate of drug-likeness (QED) is 0.816. The van der Waals surface area contributed by atoms with Gasteiger partial charge in [0.05, 0.1) is 8.45 Å². The molecule has 6 heteroatoms. The van der Waals surface area contributed by atoms with E-state index in [4.69, 9.17) is 5.11 Å². The molecule has 0 aliphatic rings. The number of thiophene rings is 1. The van der Waals surface area contributed by atoms with Gasteiger partial charge < -0.3 is 10.4 Å². The van der Waals surface area contributed by atoms with E-state index in [1.165, 1.54) is 11.3 Å². The summed E-state index contributed by atoms with van der Waals surface area (Å²) in [5.41, 5.74) is 0.515. The number of hydrogen-bond acceptors (Lipinski definition) is 3. The lowest BCUT2D eigenvalue weighted by Crippen LogP contribution is -2.44. The largest absolute Gasteiger partial charge is 0.480 e. The molecular weight excluding hydrogens is 341 g/mol. The average molecular weight is 353 g/mol. The van der Waals surface area contributed by atoms with Gasteiger partial charge in [-0.3, -0.25) is 4.79 Å². The van der Waals surface area contributed by atoms with E-state index in [0.717, 1.165) is 2.88 Å². The van der Waals surface area contributed by atoms with Crippen LogP contribution < -0.4 is 5.32 Å². The van der Waals surface area contributed by atoms with Gasteiger partial charge in [0.1, 0.15) is 6.04 Å². The number of carbonyl (C=O) groups is 2. The van der Waals surface area contributed by atoms with Crippen molar-refractivity contribution in [2.75, 3.05) is 0 Å². The number of carboxylic acid groups (broad SMARTS) is 1. The van der Waals surface area contributed by atoms with Crippen molar-refractivity contribution in [3.63, 3.8) is 0 Å². The summed E-state index contributed by atoms with van der Waals surface area (Å²) in [6, 6.07) is 0.893. The van der Waals surface area contributed by atoms with Crippen LogP contribution in [-0.4, -0.2) is 23.0 Å². The molecule has 0 fully saturated rings. The van der Waals surface area contributed by atoms with Gasteiger partial charge in [-0.1, -0.05) is 13.8 Å². The molecule has 1 aromatic rings. The highest BCUT2D eigenvalue weighted by atomic mass is 127. The molecule has 1 aromatic heterocycles. The zero-order valence-corrected chi connectivity index (χ0v) is 11.8. The average Bonchev–Trinajstić information content (AvgIpc) is 2.59. The minimum absolute atomic E-state index is 0.140. The highest BCUT2D eigenvalue weighted by molar-refractivity contribution is 14.1. The summed E-state index contributed by atoms with van der Waals surface area (Å²) in [5, 5.41) is 13.2. The first-order valence-corrected chi connectivity index (χ1v) is 6.65. The summed E-state index contributed by atoms with van der Waals surface area (Å²) in [6.45, 7) is 3.52. The lowest BCUT2D eigenvalue weighted by Gasteiger charge is -2.17. The fourth-order valence-corrected chi connectivity index (χ4v) is 2.49. The molecular formula is C10H12INO3S. The molecule has 0 aromatic carbocycles. The summed E-state index contributed by atoms with van der Waals surface area (Å²) in [6.07, 6.45) is 0. The van der Waals surface area contributed by atoms with Gasteiger partial charge in [-0.15, -0.1) is 11.3 Å². The Morgan fingerprint density at radius 2 is 2.12 bits per heavy atom. The first-order chi connectivity index (χ1) is 7.41. The Hall–Kier alpha value is -0.630. The Bertz CT molecular complexity index is 403. The van der Waals surface area contributed by atoms with Crippen LogP contribution in [0.1, 0.15) is 24.2 Å². The van der Waals surface area contributed by atoms with Crippen LogP contribution in [0.4, 0.5) is 0 Å². The minimum atomic E-state index is -1.01. The Morgan fingerprint density at radius 1 is 1.50 bits per heavy atom. The lowest BCUT2D eigenvalue weighted by atomic mass is 10.0. The first-order valence-electron chi connectivity index (χ1n) is 4.69. The second kappa shape index (κ2) is 5.62. The molecule has 88 valence electrons. The van der Waals surface area contributed by atoms with E-state index in [2.05, 4.69) is 27.9 Å². The fraction of sp³-hybridized carbons (Fsp3) is 0.400. The normalized spacial score (nSPS) is 12.5. The van der Waals surface area contributed by atoms with E-state index in [1.807, 2.05) is 0 Å². The van der Waals surface area contributed by atoms with Gasteiger partial charge in [-0.05, 0) is 34.6 Å². The summed E-state index contributed by atoms with van der Waals surface area (Å²) >= 11 is 3.57. The molecule has 1 amide bonds. The number of amides is 1. The van der Waals surface area contributed by atoms with Crippen LogP contribution in [0.3, 0.4) is 0 Å². The van der Waals surface area contributed by atoms with Crippen LogP contribution in [0.5, 0.6) is 0 Å². The highest BCUT2D eigenvalue weighted by Crippen LogP contribution is 2.16. The maximum absolute atomic E-state index is 11.7. The third kappa shape index (κ3) is 3.44. The number of carbonyl (C=O) groups excluding carboxylic acids is 1. The Morgan fingerprint density at radius 3 is 2.50 bits per heavy atom. The molecule has 16 heavy (non-hydrogen) atoms. The van der Waals surface area contributed by atoms with Crippen LogP contribution in [0.2, 0.25) is 0 Å². The summed E-state index contributed by atoms with van der Waals surface area (Å²) in [4.78, 5) is 22.6. The molecule has 1 rings (SSSR count). The standard InChI is InChI=1S/C10H12INO3S/c1-5(2)8(10(14)15)12-9(13)6-3-7(11)16-4-6/h3-5,8H,1-2H3,(H,12,13)(H,14,15)/t8-/m0/s1. The first kappa shape index (κ1) is 13.4. The molecule has 0 spiro atoms. The van der Waals surface area contributed by atoms with Gasteiger partial charge >= 0.3 is 5.97 Å². The molecule has 2 N–H and O–H groups in total. The monoisotopic (exact) mass is 353 g/mol. The van der Waals surface area contributed by atoms with E-state index in [9.17, 15) is 9.59 Å². The van der Waals surface area contributed by atoms with Gasteiger partial charge in [0.2, 0.25) is 0 Å². The number of carboxylic acids is 1. The third-order valence-corrected chi connectivity index (χ3v) is 3.84. The van der Waals surface area contributed by atoms with Gasteiger partial charge in [0.15, 0.2) is 0 Å². The van der Waals surface area contributed by atoms with Crippen molar-refractivity contribution in [3.8, 4) is 0 Å². The number of rotatable bonds is 4. The van der Waals surface area contributed by atoms with E-state index in [0.29, 0.717) is 5.56 Å². The second-order valence-corrected chi connectivity index (χ2v) is 6.48. The van der Waals surface area contributed by atoms with Crippen LogP contribution in [0.25, 0.3) is 0 Å². The third-order valence-electron chi connectivity index (χ3n) is 2.05. The van der Waals surface area contributed by atoms with Crippen molar-refractivity contribution in [2.45, 2.75) is 19.9 Å². The Kier molecular flexibility index (Phi) is 4.72. The summed E-state index contributed by atoms with van der Waals surface area (Å²) in [7, 11) is 0. The Labute approximate surface area is 111 Å². The SMILES string of the molecule is CC(C)[C@H](NC(=O)c1csc(I)c1)C(=O)O. The van der Waals surface area contributed by atoms with Crippen LogP contribution in [0.15, 0.2) is 11.4 Å². The molecule has 0 saturated carbocycles. The van der Waals surface area contributed by atoms with Gasteiger partial charge in [0, 0.05) is 5.38 Å². The smallest absolute Gasteiger partial charge is 0.326 e. The molecule has 1 atom stereocenters. The number of hydrogen-bond donors (Lipinski definition) is 2. The summed E-state index contributed by atoms with van der Waals surface area (Å²) in [5.74, 6) is -1.48. The lowest BCUT2D eigenvalue weighted by molar-refractivity contribution is -0.140. The van der Waals surface area contributed by atoms with Crippen LogP contribution in [-0.2, 0) is 4.79 Å². The molecule has 0 bridgehead atoms. The second-order valence-electron chi connectivity index (χ2n) is 3.67. The maximum atomic E-state index is 11.7. The zero-order chi connectivity index (χ0) is 12.3. The fourth-order valence-electron chi connectivity index (χ4n) is 1.17. The highest BCUT2D eigenvalue weighted by Gasteiger charge is 2.24. The van der Waals surface area contributed by atoms with Gasteiger partial charge in [-0.25, -0.2) is 4.79 Å². The zero-order valence-electron chi connectivity index (χ0n) is 8.86. The van der Waals surface area contributed by atoms with Crippen molar-refractivity contribution in [2.24, 2.45) is 5.92 Å². The predicted molar refractivity (Wildman–Crippen MR) is 70.8 cm³/mol. The maximum Gasteiger partial charge on any atom is 0.326 e. The number of halogens is 1. The molecule has 0 saturated heterocycles. The van der Waals surface area contributed by atoms with Crippen LogP contribution >= 0.6 is 33.9 Å². The number of nitrogens with one attached hydrogen (secondary N) is 1. The van der Waals surface area contributed by atoms with E-state index in [-0.39, 0.29) is 11.8 Å². The topological polar surface area (TPSA) is 66.4 Å². The molecule has 0 radical (unpaired) electrons. The number of aliphatic carboxylic acids is 1. The predicted octanol–water partition coefficient (Wildman–Crippen LogP) is 2.19. The van der Waals surface area contributed by atoms with E-state index >= 15 is 0 Å². The van der Waals surface area contributed by atoms with Crippen molar-refractivity contribution in [1.82, 2.24) is 5.32 Å². The minimum Gasteiger partial charge on any atom is -0.480 e. The van der Waals surface area contributed by atoms with Crippen molar-refractivity contribution >= 4 is 45.8 Å². The van der Waals surface area contributed by atoms with E-state index < -0.39 is 12.0 Å². The van der Waals surface area contributed by atoms with Crippen molar-refractivity contribution in [1.29, 1.82) is 0 Å². The molecule has 0 aliphatic heterocycles. The van der Waals surface area contributed by atoms with E-state index in [1.54, 1.807) is 25.3 Å². The van der Waals surface area contributed by atoms with Crippen molar-refractivity contribution in [3.05, 3.63) is 19.9 Å². The van der Waals surface area contributed by atoms with Crippen LogP contribution in [0, 0.1) is 8.80 Å². The molecule has 4 nitrogen and oxygen atoms in total. The summed E-state index contributed by atoms with van der Waals surface area (Å²) < 4.78 is 0.999. The van der Waals surface area contributed by atoms with Gasteiger partial charge in [-0.2, -0.15) is 0 Å². The van der Waals surface area contributed by atoms with Gasteiger partial charge in [0.25, 0.3) is 5.91 Å². The molecule has 1 heterocycles.